The minimum absolute atomic E-state index is 0.0238. The van der Waals surface area contributed by atoms with Gasteiger partial charge in [0, 0.05) is 6.07 Å². The highest BCUT2D eigenvalue weighted by molar-refractivity contribution is 6.01. The van der Waals surface area contributed by atoms with Crippen LogP contribution < -0.4 is 5.43 Å². The van der Waals surface area contributed by atoms with Crippen LogP contribution in [-0.2, 0) is 0 Å². The van der Waals surface area contributed by atoms with Gasteiger partial charge in [-0.3, -0.25) is 15.5 Å². The summed E-state index contributed by atoms with van der Waals surface area (Å²) in [6.07, 6.45) is 3.93. The Balaban J connectivity index is 2.21. The molecule has 1 aromatic carbocycles. The van der Waals surface area contributed by atoms with Gasteiger partial charge in [0.05, 0.1) is 10.6 Å². The number of nitrogens with one attached hydrogen (secondary N) is 1. The van der Waals surface area contributed by atoms with Gasteiger partial charge in [-0.25, -0.2) is 0 Å². The molecule has 0 spiro atoms. The standard InChI is InChI=1S/C16H19N3O2/c1-11(2)13-9-8-12(3)15(10-13)18-17-14-6-4-5-7-16(14)19(20)21/h4-8,13,17H,1,9-10H2,2-3H3/t13-/m0/s1. The zero-order valence-electron chi connectivity index (χ0n) is 12.3. The fourth-order valence-corrected chi connectivity index (χ4v) is 2.28. The van der Waals surface area contributed by atoms with Gasteiger partial charge < -0.3 is 0 Å². The van der Waals surface area contributed by atoms with Crippen molar-refractivity contribution in [3.63, 3.8) is 0 Å². The smallest absolute Gasteiger partial charge is 0.271 e. The third-order valence-electron chi connectivity index (χ3n) is 3.71. The Morgan fingerprint density at radius 3 is 2.86 bits per heavy atom. The van der Waals surface area contributed by atoms with Gasteiger partial charge in [-0.05, 0) is 44.2 Å². The third kappa shape index (κ3) is 3.56. The molecule has 0 saturated carbocycles. The molecule has 1 atom stereocenters. The van der Waals surface area contributed by atoms with Crippen LogP contribution in [-0.4, -0.2) is 10.6 Å². The lowest BCUT2D eigenvalue weighted by atomic mass is 9.85. The molecule has 0 aliphatic heterocycles. The number of benzene rings is 1. The molecular weight excluding hydrogens is 266 g/mol. The van der Waals surface area contributed by atoms with E-state index in [0.717, 1.165) is 29.7 Å². The minimum Gasteiger partial charge on any atom is -0.271 e. The molecular formula is C16H19N3O2. The topological polar surface area (TPSA) is 67.5 Å². The highest BCUT2D eigenvalue weighted by Gasteiger charge is 2.19. The number of anilines is 1. The van der Waals surface area contributed by atoms with Crippen molar-refractivity contribution in [2.45, 2.75) is 26.7 Å². The molecule has 0 saturated heterocycles. The van der Waals surface area contributed by atoms with E-state index >= 15 is 0 Å². The molecule has 0 aromatic heterocycles. The van der Waals surface area contributed by atoms with Crippen molar-refractivity contribution in [2.75, 3.05) is 5.43 Å². The molecule has 1 aliphatic carbocycles. The summed E-state index contributed by atoms with van der Waals surface area (Å²) in [4.78, 5) is 10.6. The zero-order valence-corrected chi connectivity index (χ0v) is 12.3. The molecule has 0 bridgehead atoms. The van der Waals surface area contributed by atoms with Crippen molar-refractivity contribution in [1.82, 2.24) is 0 Å². The van der Waals surface area contributed by atoms with Gasteiger partial charge in [-0.15, -0.1) is 0 Å². The maximum atomic E-state index is 11.0. The van der Waals surface area contributed by atoms with E-state index in [2.05, 4.69) is 23.2 Å². The summed E-state index contributed by atoms with van der Waals surface area (Å²) in [6, 6.07) is 6.50. The van der Waals surface area contributed by atoms with Gasteiger partial charge in [-0.2, -0.15) is 5.10 Å². The minimum atomic E-state index is -0.414. The molecule has 5 heteroatoms. The van der Waals surface area contributed by atoms with Crippen LogP contribution in [0.25, 0.3) is 0 Å². The van der Waals surface area contributed by atoms with E-state index in [9.17, 15) is 10.1 Å². The largest absolute Gasteiger partial charge is 0.294 e. The SMILES string of the molecule is C=C(C)[C@H]1CC=C(C)C(=NNc2ccccc2[N+](=O)[O-])C1. The summed E-state index contributed by atoms with van der Waals surface area (Å²) in [5, 5.41) is 15.3. The van der Waals surface area contributed by atoms with Crippen molar-refractivity contribution < 1.29 is 4.92 Å². The maximum absolute atomic E-state index is 11.0. The Morgan fingerprint density at radius 1 is 1.48 bits per heavy atom. The number of nitro groups is 1. The highest BCUT2D eigenvalue weighted by atomic mass is 16.6. The number of hydrogen-bond donors (Lipinski definition) is 1. The van der Waals surface area contributed by atoms with E-state index in [-0.39, 0.29) is 5.69 Å². The second-order valence-electron chi connectivity index (χ2n) is 5.31. The van der Waals surface area contributed by atoms with Crippen LogP contribution in [0, 0.1) is 16.0 Å². The normalized spacial score (nSPS) is 20.0. The Hall–Kier alpha value is -2.43. The van der Waals surface area contributed by atoms with E-state index in [1.54, 1.807) is 18.2 Å². The molecule has 21 heavy (non-hydrogen) atoms. The second kappa shape index (κ2) is 6.35. The maximum Gasteiger partial charge on any atom is 0.294 e. The van der Waals surface area contributed by atoms with E-state index in [4.69, 9.17) is 0 Å². The Bertz CT molecular complexity index is 632. The summed E-state index contributed by atoms with van der Waals surface area (Å²) in [5.74, 6) is 0.389. The molecule has 0 unspecified atom stereocenters. The van der Waals surface area contributed by atoms with Gasteiger partial charge in [-0.1, -0.05) is 30.4 Å². The summed E-state index contributed by atoms with van der Waals surface area (Å²) >= 11 is 0. The lowest BCUT2D eigenvalue weighted by molar-refractivity contribution is -0.384. The van der Waals surface area contributed by atoms with Gasteiger partial charge >= 0.3 is 0 Å². The summed E-state index contributed by atoms with van der Waals surface area (Å²) in [5.41, 5.74) is 6.43. The number of hydrazone groups is 1. The van der Waals surface area contributed by atoms with E-state index in [0.29, 0.717) is 11.6 Å². The summed E-state index contributed by atoms with van der Waals surface area (Å²) in [6.45, 7) is 8.03. The first-order valence-electron chi connectivity index (χ1n) is 6.87. The number of para-hydroxylation sites is 2. The second-order valence-corrected chi connectivity index (χ2v) is 5.31. The van der Waals surface area contributed by atoms with Gasteiger partial charge in [0.1, 0.15) is 5.69 Å². The fraction of sp³-hybridized carbons (Fsp3) is 0.312. The fourth-order valence-electron chi connectivity index (χ4n) is 2.28. The Morgan fingerprint density at radius 2 is 2.19 bits per heavy atom. The Kier molecular flexibility index (Phi) is 4.52. The first kappa shape index (κ1) is 15.0. The molecule has 5 nitrogen and oxygen atoms in total. The van der Waals surface area contributed by atoms with Gasteiger partial charge in [0.2, 0.25) is 0 Å². The summed E-state index contributed by atoms with van der Waals surface area (Å²) in [7, 11) is 0. The molecule has 110 valence electrons. The highest BCUT2D eigenvalue weighted by Crippen LogP contribution is 2.28. The predicted octanol–water partition coefficient (Wildman–Crippen LogP) is 4.30. The molecule has 0 amide bonds. The monoisotopic (exact) mass is 285 g/mol. The zero-order chi connectivity index (χ0) is 15.4. The molecule has 2 rings (SSSR count). The molecule has 0 heterocycles. The van der Waals surface area contributed by atoms with E-state index in [1.165, 1.54) is 6.07 Å². The van der Waals surface area contributed by atoms with Gasteiger partial charge in [0.25, 0.3) is 5.69 Å². The molecule has 1 N–H and O–H groups in total. The first-order valence-corrected chi connectivity index (χ1v) is 6.87. The van der Waals surface area contributed by atoms with Crippen LogP contribution in [0.15, 0.2) is 53.2 Å². The molecule has 1 aromatic rings. The lowest BCUT2D eigenvalue weighted by Gasteiger charge is -2.22. The lowest BCUT2D eigenvalue weighted by Crippen LogP contribution is -2.16. The first-order chi connectivity index (χ1) is 9.99. The average molecular weight is 285 g/mol. The molecule has 1 aliphatic rings. The van der Waals surface area contributed by atoms with Gasteiger partial charge in [0.15, 0.2) is 0 Å². The van der Waals surface area contributed by atoms with Crippen molar-refractivity contribution in [3.05, 3.63) is 58.2 Å². The number of hydrogen-bond acceptors (Lipinski definition) is 4. The van der Waals surface area contributed by atoms with Crippen molar-refractivity contribution >= 4 is 17.1 Å². The number of nitro benzene ring substituents is 1. The van der Waals surface area contributed by atoms with Crippen molar-refractivity contribution in [2.24, 2.45) is 11.0 Å². The molecule has 0 fully saturated rings. The summed E-state index contributed by atoms with van der Waals surface area (Å²) < 4.78 is 0. The average Bonchev–Trinajstić information content (AvgIpc) is 2.46. The third-order valence-corrected chi connectivity index (χ3v) is 3.71. The number of allylic oxidation sites excluding steroid dienone is 3. The van der Waals surface area contributed by atoms with Crippen LogP contribution in [0.1, 0.15) is 26.7 Å². The Labute approximate surface area is 124 Å². The van der Waals surface area contributed by atoms with Crippen LogP contribution >= 0.6 is 0 Å². The molecule has 0 radical (unpaired) electrons. The van der Waals surface area contributed by atoms with Crippen LogP contribution in [0.2, 0.25) is 0 Å². The van der Waals surface area contributed by atoms with Crippen molar-refractivity contribution in [3.8, 4) is 0 Å². The van der Waals surface area contributed by atoms with Crippen LogP contribution in [0.3, 0.4) is 0 Å². The number of rotatable bonds is 4. The van der Waals surface area contributed by atoms with E-state index in [1.807, 2.05) is 13.8 Å². The number of nitrogens with zero attached hydrogens (tertiary/aromatic N) is 2. The van der Waals surface area contributed by atoms with Crippen LogP contribution in [0.5, 0.6) is 0 Å². The predicted molar refractivity (Wildman–Crippen MR) is 85.4 cm³/mol. The van der Waals surface area contributed by atoms with Crippen LogP contribution in [0.4, 0.5) is 11.4 Å². The van der Waals surface area contributed by atoms with Crippen molar-refractivity contribution in [1.29, 1.82) is 0 Å². The quantitative estimate of drug-likeness (QED) is 0.509. The van der Waals surface area contributed by atoms with E-state index < -0.39 is 4.92 Å².